The lowest BCUT2D eigenvalue weighted by Gasteiger charge is -2.13. The average Bonchev–Trinajstić information content (AvgIpc) is 3.42. The van der Waals surface area contributed by atoms with Gasteiger partial charge in [0.15, 0.2) is 11.0 Å². The van der Waals surface area contributed by atoms with Crippen molar-refractivity contribution >= 4 is 11.8 Å². The summed E-state index contributed by atoms with van der Waals surface area (Å²) < 4.78 is 46.8. The highest BCUT2D eigenvalue weighted by atomic mass is 32.2. The number of hydrogen-bond donors (Lipinski definition) is 0. The highest BCUT2D eigenvalue weighted by Gasteiger charge is 2.30. The molecule has 1 saturated carbocycles. The van der Waals surface area contributed by atoms with E-state index in [0.29, 0.717) is 29.1 Å². The molecule has 0 amide bonds. The molecule has 1 aromatic heterocycles. The molecule has 3 aromatic rings. The lowest BCUT2D eigenvalue weighted by molar-refractivity contribution is -0.137. The van der Waals surface area contributed by atoms with Crippen LogP contribution in [0.2, 0.25) is 0 Å². The highest BCUT2D eigenvalue weighted by molar-refractivity contribution is 7.98. The first-order chi connectivity index (χ1) is 14.9. The van der Waals surface area contributed by atoms with E-state index in [1.165, 1.54) is 36.7 Å². The maximum absolute atomic E-state index is 12.9. The summed E-state index contributed by atoms with van der Waals surface area (Å²) in [4.78, 5) is 0. The molecule has 1 heterocycles. The van der Waals surface area contributed by atoms with E-state index in [2.05, 4.69) is 10.2 Å². The number of alkyl halides is 3. The van der Waals surface area contributed by atoms with Crippen LogP contribution < -0.4 is 4.74 Å². The number of nitrogens with zero attached hydrogens (tertiary/aromatic N) is 3. The van der Waals surface area contributed by atoms with Gasteiger partial charge in [0, 0.05) is 17.9 Å². The van der Waals surface area contributed by atoms with Gasteiger partial charge in [0.25, 0.3) is 0 Å². The third kappa shape index (κ3) is 5.23. The van der Waals surface area contributed by atoms with Crippen LogP contribution in [0.25, 0.3) is 11.4 Å². The predicted octanol–water partition coefficient (Wildman–Crippen LogP) is 6.60. The molecule has 0 saturated heterocycles. The van der Waals surface area contributed by atoms with Crippen LogP contribution in [0.4, 0.5) is 13.2 Å². The Balaban J connectivity index is 1.46. The first-order valence-electron chi connectivity index (χ1n) is 10.4. The number of thioether (sulfide) groups is 1. The second kappa shape index (κ2) is 9.34. The van der Waals surface area contributed by atoms with Gasteiger partial charge in [-0.15, -0.1) is 10.2 Å². The maximum Gasteiger partial charge on any atom is 0.416 e. The van der Waals surface area contributed by atoms with Crippen molar-refractivity contribution in [1.82, 2.24) is 14.8 Å². The van der Waals surface area contributed by atoms with Gasteiger partial charge < -0.3 is 9.30 Å². The predicted molar refractivity (Wildman–Crippen MR) is 115 cm³/mol. The molecule has 0 atom stereocenters. The Morgan fingerprint density at radius 1 is 1.06 bits per heavy atom. The Hall–Kier alpha value is -2.48. The molecule has 164 valence electrons. The van der Waals surface area contributed by atoms with Crippen molar-refractivity contribution in [3.8, 4) is 17.1 Å². The van der Waals surface area contributed by atoms with Crippen LogP contribution in [-0.4, -0.2) is 20.9 Å². The van der Waals surface area contributed by atoms with E-state index in [4.69, 9.17) is 4.74 Å². The minimum atomic E-state index is -4.34. The van der Waals surface area contributed by atoms with Crippen molar-refractivity contribution in [3.63, 3.8) is 0 Å². The summed E-state index contributed by atoms with van der Waals surface area (Å²) >= 11 is 1.38. The molecule has 0 aliphatic heterocycles. The number of rotatable bonds is 7. The summed E-state index contributed by atoms with van der Waals surface area (Å²) in [6.07, 6.45) is 0.637. The maximum atomic E-state index is 12.9. The molecular formula is C23H24F3N3OS. The minimum absolute atomic E-state index is 0.309. The van der Waals surface area contributed by atoms with Crippen molar-refractivity contribution in [2.24, 2.45) is 0 Å². The zero-order valence-electron chi connectivity index (χ0n) is 17.2. The fraction of sp³-hybridized carbons (Fsp3) is 0.391. The summed E-state index contributed by atoms with van der Waals surface area (Å²) in [7, 11) is 0. The van der Waals surface area contributed by atoms with Crippen LogP contribution in [0, 0.1) is 0 Å². The number of ether oxygens (including phenoxy) is 1. The molecule has 4 rings (SSSR count). The molecular weight excluding hydrogens is 423 g/mol. The van der Waals surface area contributed by atoms with E-state index in [-0.39, 0.29) is 0 Å². The number of hydrogen-bond acceptors (Lipinski definition) is 4. The molecule has 2 aromatic carbocycles. The molecule has 1 aliphatic carbocycles. The molecule has 0 radical (unpaired) electrons. The molecule has 1 aliphatic rings. The molecule has 0 unspecified atom stereocenters. The van der Waals surface area contributed by atoms with Crippen molar-refractivity contribution in [2.75, 3.05) is 0 Å². The normalized spacial score (nSPS) is 14.8. The zero-order chi connectivity index (χ0) is 21.8. The van der Waals surface area contributed by atoms with Crippen LogP contribution in [0.15, 0.2) is 53.7 Å². The molecule has 0 N–H and O–H groups in total. The van der Waals surface area contributed by atoms with Crippen LogP contribution in [0.3, 0.4) is 0 Å². The second-order valence-corrected chi connectivity index (χ2v) is 8.53. The Bertz CT molecular complexity index is 1010. The lowest BCUT2D eigenvalue weighted by atomic mass is 10.1. The largest absolute Gasteiger partial charge is 0.490 e. The molecule has 4 nitrogen and oxygen atoms in total. The third-order valence-electron chi connectivity index (χ3n) is 5.37. The van der Waals surface area contributed by atoms with E-state index in [1.54, 1.807) is 6.07 Å². The summed E-state index contributed by atoms with van der Waals surface area (Å²) in [5, 5.41) is 9.29. The van der Waals surface area contributed by atoms with Gasteiger partial charge in [-0.25, -0.2) is 0 Å². The van der Waals surface area contributed by atoms with E-state index in [0.717, 1.165) is 36.0 Å². The van der Waals surface area contributed by atoms with E-state index in [9.17, 15) is 13.2 Å². The fourth-order valence-electron chi connectivity index (χ4n) is 3.76. The zero-order valence-corrected chi connectivity index (χ0v) is 18.0. The first-order valence-corrected chi connectivity index (χ1v) is 11.4. The van der Waals surface area contributed by atoms with Gasteiger partial charge in [0.05, 0.1) is 11.7 Å². The van der Waals surface area contributed by atoms with Crippen LogP contribution in [-0.2, 0) is 18.5 Å². The molecule has 8 heteroatoms. The standard InChI is InChI=1S/C23H24F3N3OS/c1-2-29-21(17-10-12-20(13-11-17)30-19-8-3-4-9-19)27-28-22(29)31-15-16-6-5-7-18(14-16)23(24,25)26/h5-7,10-14,19H,2-4,8-9,15H2,1H3. The first kappa shape index (κ1) is 21.7. The smallest absolute Gasteiger partial charge is 0.416 e. The Morgan fingerprint density at radius 2 is 1.81 bits per heavy atom. The number of aromatic nitrogens is 3. The monoisotopic (exact) mass is 447 g/mol. The van der Waals surface area contributed by atoms with Gasteiger partial charge >= 0.3 is 6.18 Å². The Morgan fingerprint density at radius 3 is 2.48 bits per heavy atom. The Kier molecular flexibility index (Phi) is 6.55. The fourth-order valence-corrected chi connectivity index (χ4v) is 4.71. The quantitative estimate of drug-likeness (QED) is 0.383. The molecule has 31 heavy (non-hydrogen) atoms. The van der Waals surface area contributed by atoms with E-state index in [1.807, 2.05) is 35.8 Å². The van der Waals surface area contributed by atoms with Gasteiger partial charge in [-0.2, -0.15) is 13.2 Å². The second-order valence-electron chi connectivity index (χ2n) is 7.59. The molecule has 0 bridgehead atoms. The summed E-state index contributed by atoms with van der Waals surface area (Å²) in [6, 6.07) is 13.3. The number of halogens is 3. The molecule has 1 fully saturated rings. The summed E-state index contributed by atoms with van der Waals surface area (Å²) in [5.41, 5.74) is 0.891. The van der Waals surface area contributed by atoms with Gasteiger partial charge in [0.1, 0.15) is 5.75 Å². The molecule has 0 spiro atoms. The Labute approximate surface area is 183 Å². The van der Waals surface area contributed by atoms with Gasteiger partial charge in [0.2, 0.25) is 0 Å². The van der Waals surface area contributed by atoms with Gasteiger partial charge in [-0.05, 0) is 68.5 Å². The SMILES string of the molecule is CCn1c(SCc2cccc(C(F)(F)F)c2)nnc1-c1ccc(OC2CCCC2)cc1. The van der Waals surface area contributed by atoms with Crippen molar-refractivity contribution in [1.29, 1.82) is 0 Å². The number of benzene rings is 2. The average molecular weight is 448 g/mol. The lowest BCUT2D eigenvalue weighted by Crippen LogP contribution is -2.10. The van der Waals surface area contributed by atoms with Crippen molar-refractivity contribution in [3.05, 3.63) is 59.7 Å². The van der Waals surface area contributed by atoms with Gasteiger partial charge in [-0.3, -0.25) is 0 Å². The third-order valence-corrected chi connectivity index (χ3v) is 6.41. The summed E-state index contributed by atoms with van der Waals surface area (Å²) in [5.74, 6) is 1.98. The van der Waals surface area contributed by atoms with Crippen LogP contribution >= 0.6 is 11.8 Å². The van der Waals surface area contributed by atoms with Crippen LogP contribution in [0.5, 0.6) is 5.75 Å². The van der Waals surface area contributed by atoms with E-state index >= 15 is 0 Å². The van der Waals surface area contributed by atoms with Gasteiger partial charge in [-0.1, -0.05) is 30.0 Å². The van der Waals surface area contributed by atoms with Crippen LogP contribution in [0.1, 0.15) is 43.7 Å². The van der Waals surface area contributed by atoms with Crippen molar-refractivity contribution in [2.45, 2.75) is 62.3 Å². The minimum Gasteiger partial charge on any atom is -0.490 e. The summed E-state index contributed by atoms with van der Waals surface area (Å²) in [6.45, 7) is 2.66. The highest BCUT2D eigenvalue weighted by Crippen LogP contribution is 2.32. The van der Waals surface area contributed by atoms with Crippen molar-refractivity contribution < 1.29 is 17.9 Å². The topological polar surface area (TPSA) is 39.9 Å². The van der Waals surface area contributed by atoms with E-state index < -0.39 is 11.7 Å².